The van der Waals surface area contributed by atoms with Crippen molar-refractivity contribution in [2.24, 2.45) is 0 Å². The predicted octanol–water partition coefficient (Wildman–Crippen LogP) is 6.89. The molecule has 3 aromatic rings. The summed E-state index contributed by atoms with van der Waals surface area (Å²) >= 11 is 0. The second-order valence-corrected chi connectivity index (χ2v) is 9.60. The first-order valence-corrected chi connectivity index (χ1v) is 13.9. The average molecular weight is 546 g/mol. The van der Waals surface area contributed by atoms with Gasteiger partial charge in [0, 0.05) is 18.5 Å². The fourth-order valence-electron chi connectivity index (χ4n) is 4.07. The summed E-state index contributed by atoms with van der Waals surface area (Å²) in [7, 11) is 1.56. The molecule has 0 fully saturated rings. The number of Topliss-reactive ketones (excluding diaryl/α,β-unsaturated/α-hetero) is 1. The Morgan fingerprint density at radius 1 is 0.700 bits per heavy atom. The molecule has 0 unspecified atom stereocenters. The molecule has 0 aliphatic carbocycles. The summed E-state index contributed by atoms with van der Waals surface area (Å²) in [5.41, 5.74) is 1.70. The minimum absolute atomic E-state index is 0.0106. The summed E-state index contributed by atoms with van der Waals surface area (Å²) in [6.45, 7) is 4.88. The van der Waals surface area contributed by atoms with E-state index in [1.54, 1.807) is 86.8 Å². The van der Waals surface area contributed by atoms with Gasteiger partial charge < -0.3 is 19.1 Å². The summed E-state index contributed by atoms with van der Waals surface area (Å²) in [6.07, 6.45) is 6.21. The van der Waals surface area contributed by atoms with Crippen molar-refractivity contribution in [1.82, 2.24) is 4.90 Å². The normalized spacial score (nSPS) is 10.6. The molecule has 3 aromatic carbocycles. The number of hydrogen-bond acceptors (Lipinski definition) is 6. The third-order valence-corrected chi connectivity index (χ3v) is 6.50. The van der Waals surface area contributed by atoms with E-state index in [4.69, 9.17) is 14.2 Å². The van der Waals surface area contributed by atoms with Gasteiger partial charge in [0.15, 0.2) is 5.78 Å². The van der Waals surface area contributed by atoms with Crippen LogP contribution in [-0.4, -0.2) is 42.8 Å². The van der Waals surface area contributed by atoms with Crippen LogP contribution in [0.3, 0.4) is 0 Å². The molecule has 40 heavy (non-hydrogen) atoms. The zero-order valence-corrected chi connectivity index (χ0v) is 23.7. The van der Waals surface area contributed by atoms with E-state index in [1.807, 2.05) is 0 Å². The van der Waals surface area contributed by atoms with E-state index in [-0.39, 0.29) is 24.8 Å². The number of esters is 1. The quantitative estimate of drug-likeness (QED) is 0.111. The van der Waals surface area contributed by atoms with Crippen LogP contribution in [0.4, 0.5) is 0 Å². The van der Waals surface area contributed by atoms with Gasteiger partial charge in [-0.05, 0) is 72.6 Å². The first-order chi connectivity index (χ1) is 19.4. The lowest BCUT2D eigenvalue weighted by Crippen LogP contribution is -2.35. The van der Waals surface area contributed by atoms with Crippen molar-refractivity contribution in [3.63, 3.8) is 0 Å². The molecule has 7 nitrogen and oxygen atoms in total. The Morgan fingerprint density at radius 2 is 1.30 bits per heavy atom. The molecule has 0 aromatic heterocycles. The Balaban J connectivity index is 1.56. The lowest BCUT2D eigenvalue weighted by molar-refractivity contribution is -0.119. The smallest absolute Gasteiger partial charge is 0.343 e. The fourth-order valence-corrected chi connectivity index (χ4v) is 4.07. The highest BCUT2D eigenvalue weighted by atomic mass is 16.5. The van der Waals surface area contributed by atoms with Crippen molar-refractivity contribution in [2.75, 3.05) is 20.3 Å². The number of carbonyl (C=O) groups is 3. The van der Waals surface area contributed by atoms with Crippen LogP contribution in [-0.2, 0) is 11.3 Å². The Hall–Kier alpha value is -4.13. The minimum atomic E-state index is -0.469. The molecule has 0 saturated heterocycles. The Bertz CT molecular complexity index is 1220. The fraction of sp³-hybridized carbons (Fsp3) is 0.364. The average Bonchev–Trinajstić information content (AvgIpc) is 2.99. The van der Waals surface area contributed by atoms with Gasteiger partial charge in [0.2, 0.25) is 0 Å². The largest absolute Gasteiger partial charge is 0.497 e. The monoisotopic (exact) mass is 545 g/mol. The number of benzene rings is 3. The Kier molecular flexibility index (Phi) is 12.2. The molecule has 0 heterocycles. The summed E-state index contributed by atoms with van der Waals surface area (Å²) in [5.74, 6) is 1.02. The summed E-state index contributed by atoms with van der Waals surface area (Å²) < 4.78 is 16.5. The topological polar surface area (TPSA) is 82.1 Å². The number of carbonyl (C=O) groups excluding carboxylic acids is 3. The third kappa shape index (κ3) is 9.56. The summed E-state index contributed by atoms with van der Waals surface area (Å²) in [4.78, 5) is 39.5. The number of unbranched alkanes of at least 4 members (excludes halogenated alkanes) is 4. The maximum Gasteiger partial charge on any atom is 0.343 e. The lowest BCUT2D eigenvalue weighted by atomic mass is 10.1. The standard InChI is InChI=1S/C33H39NO6/c1-4-6-7-8-9-22-39-30-20-14-27(15-21-30)33(37)40-31-16-10-25(11-17-31)23-34(24-28(35)5-2)32(36)26-12-18-29(38-3)19-13-26/h10-21H,4-9,22-24H2,1-3H3. The Morgan fingerprint density at radius 3 is 1.93 bits per heavy atom. The van der Waals surface area contributed by atoms with E-state index in [0.717, 1.165) is 24.2 Å². The molecule has 0 atom stereocenters. The van der Waals surface area contributed by atoms with Crippen LogP contribution >= 0.6 is 0 Å². The lowest BCUT2D eigenvalue weighted by Gasteiger charge is -2.22. The molecular weight excluding hydrogens is 506 g/mol. The molecule has 3 rings (SSSR count). The van der Waals surface area contributed by atoms with Crippen LogP contribution in [0.15, 0.2) is 72.8 Å². The van der Waals surface area contributed by atoms with Crippen LogP contribution in [0, 0.1) is 0 Å². The van der Waals surface area contributed by atoms with E-state index in [0.29, 0.717) is 35.7 Å². The summed E-state index contributed by atoms with van der Waals surface area (Å²) in [6, 6.07) is 20.7. The highest BCUT2D eigenvalue weighted by molar-refractivity contribution is 5.97. The first-order valence-electron chi connectivity index (χ1n) is 13.9. The number of ether oxygens (including phenoxy) is 3. The van der Waals surface area contributed by atoms with E-state index >= 15 is 0 Å². The zero-order valence-electron chi connectivity index (χ0n) is 23.7. The second kappa shape index (κ2) is 16.1. The second-order valence-electron chi connectivity index (χ2n) is 9.60. The van der Waals surface area contributed by atoms with E-state index in [2.05, 4.69) is 6.92 Å². The molecule has 212 valence electrons. The molecule has 0 N–H and O–H groups in total. The molecule has 0 saturated carbocycles. The van der Waals surface area contributed by atoms with Gasteiger partial charge in [0.1, 0.15) is 17.2 Å². The van der Waals surface area contributed by atoms with Crippen molar-refractivity contribution in [1.29, 1.82) is 0 Å². The van der Waals surface area contributed by atoms with Crippen LogP contribution in [0.2, 0.25) is 0 Å². The van der Waals surface area contributed by atoms with Gasteiger partial charge >= 0.3 is 5.97 Å². The maximum absolute atomic E-state index is 13.2. The highest BCUT2D eigenvalue weighted by Gasteiger charge is 2.19. The molecule has 0 spiro atoms. The van der Waals surface area contributed by atoms with E-state index in [9.17, 15) is 14.4 Å². The van der Waals surface area contributed by atoms with Gasteiger partial charge in [-0.15, -0.1) is 0 Å². The molecule has 0 radical (unpaired) electrons. The van der Waals surface area contributed by atoms with Crippen molar-refractivity contribution in [3.8, 4) is 17.2 Å². The summed E-state index contributed by atoms with van der Waals surface area (Å²) in [5, 5.41) is 0. The van der Waals surface area contributed by atoms with Crippen LogP contribution in [0.25, 0.3) is 0 Å². The third-order valence-electron chi connectivity index (χ3n) is 6.50. The molecule has 7 heteroatoms. The predicted molar refractivity (Wildman–Crippen MR) is 155 cm³/mol. The molecule has 0 bridgehead atoms. The van der Waals surface area contributed by atoms with Gasteiger partial charge in [-0.25, -0.2) is 4.79 Å². The van der Waals surface area contributed by atoms with Gasteiger partial charge in [0.25, 0.3) is 5.91 Å². The molecule has 0 aliphatic heterocycles. The number of hydrogen-bond donors (Lipinski definition) is 0. The molecule has 1 amide bonds. The molecular formula is C33H39NO6. The molecule has 0 aliphatic rings. The van der Waals surface area contributed by atoms with Gasteiger partial charge in [0.05, 0.1) is 25.8 Å². The van der Waals surface area contributed by atoms with Crippen LogP contribution in [0.1, 0.15) is 78.7 Å². The number of nitrogens with zero attached hydrogens (tertiary/aromatic N) is 1. The van der Waals surface area contributed by atoms with Crippen LogP contribution in [0.5, 0.6) is 17.2 Å². The van der Waals surface area contributed by atoms with Crippen molar-refractivity contribution in [3.05, 3.63) is 89.5 Å². The number of ketones is 1. The zero-order chi connectivity index (χ0) is 28.7. The van der Waals surface area contributed by atoms with Crippen molar-refractivity contribution >= 4 is 17.7 Å². The highest BCUT2D eigenvalue weighted by Crippen LogP contribution is 2.19. The number of rotatable bonds is 16. The van der Waals surface area contributed by atoms with Gasteiger partial charge in [-0.2, -0.15) is 0 Å². The minimum Gasteiger partial charge on any atom is -0.497 e. The number of methoxy groups -OCH3 is 1. The van der Waals surface area contributed by atoms with Crippen molar-refractivity contribution < 1.29 is 28.6 Å². The van der Waals surface area contributed by atoms with Crippen LogP contribution < -0.4 is 14.2 Å². The van der Waals surface area contributed by atoms with Crippen molar-refractivity contribution in [2.45, 2.75) is 58.9 Å². The Labute approximate surface area is 237 Å². The number of amides is 1. The maximum atomic E-state index is 13.2. The van der Waals surface area contributed by atoms with Gasteiger partial charge in [-0.1, -0.05) is 51.7 Å². The van der Waals surface area contributed by atoms with Gasteiger partial charge in [-0.3, -0.25) is 9.59 Å². The first kappa shape index (κ1) is 30.4. The van der Waals surface area contributed by atoms with E-state index < -0.39 is 5.97 Å². The SMILES string of the molecule is CCCCCCCOc1ccc(C(=O)Oc2ccc(CN(CC(=O)CC)C(=O)c3ccc(OC)cc3)cc2)cc1. The van der Waals surface area contributed by atoms with E-state index in [1.165, 1.54) is 24.2 Å².